The number of nitrogens with two attached hydrogens (primary N) is 1. The number of hydrogen-bond donors (Lipinski definition) is 2. The van der Waals surface area contributed by atoms with Gasteiger partial charge >= 0.3 is 0 Å². The maximum Gasteiger partial charge on any atom is 0.151 e. The Balaban J connectivity index is 2.16. The summed E-state index contributed by atoms with van der Waals surface area (Å²) < 4.78 is 0. The average Bonchev–Trinajstić information content (AvgIpc) is 2.77. The van der Waals surface area contributed by atoms with Gasteiger partial charge in [0.1, 0.15) is 0 Å². The van der Waals surface area contributed by atoms with Crippen molar-refractivity contribution in [3.63, 3.8) is 0 Å². The van der Waals surface area contributed by atoms with Gasteiger partial charge in [-0.1, -0.05) is 0 Å². The summed E-state index contributed by atoms with van der Waals surface area (Å²) in [5, 5.41) is 3.17. The van der Waals surface area contributed by atoms with Gasteiger partial charge in [0.05, 0.1) is 5.69 Å². The first-order valence-corrected chi connectivity index (χ1v) is 5.43. The molecule has 2 heterocycles. The summed E-state index contributed by atoms with van der Waals surface area (Å²) in [7, 11) is 1.93. The number of nitrogens with one attached hydrogen (secondary N) is 1. The highest BCUT2D eigenvalue weighted by molar-refractivity contribution is 5.65. The molecule has 4 heteroatoms. The summed E-state index contributed by atoms with van der Waals surface area (Å²) >= 11 is 0. The highest BCUT2D eigenvalue weighted by Gasteiger charge is 2.23. The van der Waals surface area contributed by atoms with Gasteiger partial charge in [0.2, 0.25) is 0 Å². The molecule has 1 aliphatic rings. The van der Waals surface area contributed by atoms with Crippen LogP contribution in [0, 0.1) is 5.92 Å². The lowest BCUT2D eigenvalue weighted by Gasteiger charge is -2.20. The van der Waals surface area contributed by atoms with E-state index in [1.807, 2.05) is 19.3 Å². The van der Waals surface area contributed by atoms with Crippen LogP contribution < -0.4 is 16.0 Å². The van der Waals surface area contributed by atoms with E-state index in [0.29, 0.717) is 5.92 Å². The number of hydrogen-bond acceptors (Lipinski definition) is 4. The molecule has 0 amide bonds. The largest absolute Gasteiger partial charge is 0.385 e. The van der Waals surface area contributed by atoms with Crippen molar-refractivity contribution in [3.8, 4) is 0 Å². The fourth-order valence-corrected chi connectivity index (χ4v) is 2.06. The van der Waals surface area contributed by atoms with E-state index in [2.05, 4.69) is 21.3 Å². The summed E-state index contributed by atoms with van der Waals surface area (Å²) in [6.45, 7) is 2.87. The van der Waals surface area contributed by atoms with Crippen LogP contribution in [0.2, 0.25) is 0 Å². The first-order valence-electron chi connectivity index (χ1n) is 5.43. The molecule has 0 radical (unpaired) electrons. The second-order valence-electron chi connectivity index (χ2n) is 3.96. The predicted molar refractivity (Wildman–Crippen MR) is 63.2 cm³/mol. The van der Waals surface area contributed by atoms with Crippen LogP contribution in [-0.4, -0.2) is 31.7 Å². The number of pyridine rings is 1. The lowest BCUT2D eigenvalue weighted by atomic mass is 10.1. The second kappa shape index (κ2) is 4.49. The molecule has 4 nitrogen and oxygen atoms in total. The summed E-state index contributed by atoms with van der Waals surface area (Å²) in [4.78, 5) is 6.73. The van der Waals surface area contributed by atoms with Gasteiger partial charge < -0.3 is 16.0 Å². The number of aromatic nitrogens is 1. The first-order chi connectivity index (χ1) is 7.35. The van der Waals surface area contributed by atoms with Crippen LogP contribution in [0.15, 0.2) is 18.3 Å². The Labute approximate surface area is 90.5 Å². The highest BCUT2D eigenvalue weighted by Crippen LogP contribution is 2.27. The fourth-order valence-electron chi connectivity index (χ4n) is 2.06. The molecule has 2 rings (SSSR count). The van der Waals surface area contributed by atoms with E-state index in [1.54, 1.807) is 0 Å². The van der Waals surface area contributed by atoms with Crippen molar-refractivity contribution >= 4 is 11.5 Å². The summed E-state index contributed by atoms with van der Waals surface area (Å²) in [6, 6.07) is 4.00. The van der Waals surface area contributed by atoms with Crippen molar-refractivity contribution < 1.29 is 0 Å². The minimum Gasteiger partial charge on any atom is -0.385 e. The molecule has 0 aromatic carbocycles. The summed E-state index contributed by atoms with van der Waals surface area (Å²) in [5.74, 6) is 1.67. The summed E-state index contributed by atoms with van der Waals surface area (Å²) in [5.41, 5.74) is 6.77. The van der Waals surface area contributed by atoms with Crippen molar-refractivity contribution in [1.82, 2.24) is 4.98 Å². The Kier molecular flexibility index (Phi) is 3.06. The number of rotatable bonds is 3. The number of nitrogens with zero attached hydrogens (tertiary/aromatic N) is 2. The third-order valence-electron chi connectivity index (χ3n) is 2.97. The molecule has 1 saturated heterocycles. The minimum absolute atomic E-state index is 0.622. The third kappa shape index (κ3) is 2.04. The smallest absolute Gasteiger partial charge is 0.151 e. The van der Waals surface area contributed by atoms with Crippen molar-refractivity contribution in [2.45, 2.75) is 6.42 Å². The maximum atomic E-state index is 5.68. The van der Waals surface area contributed by atoms with Crippen molar-refractivity contribution in [1.29, 1.82) is 0 Å². The molecule has 1 aromatic heterocycles. The third-order valence-corrected chi connectivity index (χ3v) is 2.97. The molecule has 0 saturated carbocycles. The Morgan fingerprint density at radius 3 is 3.20 bits per heavy atom. The van der Waals surface area contributed by atoms with Gasteiger partial charge in [-0.05, 0) is 31.0 Å². The van der Waals surface area contributed by atoms with Crippen molar-refractivity contribution in [2.75, 3.05) is 36.9 Å². The first kappa shape index (κ1) is 10.2. The van der Waals surface area contributed by atoms with E-state index in [9.17, 15) is 0 Å². The van der Waals surface area contributed by atoms with Crippen molar-refractivity contribution in [2.24, 2.45) is 11.7 Å². The van der Waals surface area contributed by atoms with Crippen LogP contribution in [0.5, 0.6) is 0 Å². The topological polar surface area (TPSA) is 54.2 Å². The monoisotopic (exact) mass is 206 g/mol. The van der Waals surface area contributed by atoms with Crippen LogP contribution in [0.25, 0.3) is 0 Å². The number of anilines is 2. The lowest BCUT2D eigenvalue weighted by molar-refractivity contribution is 0.602. The zero-order valence-corrected chi connectivity index (χ0v) is 9.11. The molecular weight excluding hydrogens is 188 g/mol. The SMILES string of the molecule is CNc1cccnc1N1CCC(CN)C1. The van der Waals surface area contributed by atoms with Gasteiger partial charge in [-0.25, -0.2) is 4.98 Å². The lowest BCUT2D eigenvalue weighted by Crippen LogP contribution is -2.24. The molecule has 1 unspecified atom stereocenters. The zero-order chi connectivity index (χ0) is 10.7. The van der Waals surface area contributed by atoms with Gasteiger partial charge in [0.15, 0.2) is 5.82 Å². The molecule has 3 N–H and O–H groups in total. The highest BCUT2D eigenvalue weighted by atomic mass is 15.2. The molecule has 0 aliphatic carbocycles. The van der Waals surface area contributed by atoms with E-state index < -0.39 is 0 Å². The van der Waals surface area contributed by atoms with Gasteiger partial charge in [0, 0.05) is 26.3 Å². The van der Waals surface area contributed by atoms with Gasteiger partial charge in [-0.3, -0.25) is 0 Å². The summed E-state index contributed by atoms with van der Waals surface area (Å²) in [6.07, 6.45) is 3.02. The molecule has 15 heavy (non-hydrogen) atoms. The van der Waals surface area contributed by atoms with E-state index >= 15 is 0 Å². The van der Waals surface area contributed by atoms with E-state index in [4.69, 9.17) is 5.73 Å². The van der Waals surface area contributed by atoms with E-state index in [1.165, 1.54) is 6.42 Å². The molecule has 0 spiro atoms. The van der Waals surface area contributed by atoms with Gasteiger partial charge in [-0.15, -0.1) is 0 Å². The maximum absolute atomic E-state index is 5.68. The Morgan fingerprint density at radius 1 is 1.67 bits per heavy atom. The average molecular weight is 206 g/mol. The molecule has 1 atom stereocenters. The standard InChI is InChI=1S/C11H18N4/c1-13-10-3-2-5-14-11(10)15-6-4-9(7-12)8-15/h2-3,5,9,13H,4,6-8,12H2,1H3. The molecule has 1 aromatic rings. The molecular formula is C11H18N4. The quantitative estimate of drug-likeness (QED) is 0.772. The Bertz CT molecular complexity index is 326. The van der Waals surface area contributed by atoms with E-state index in [0.717, 1.165) is 31.1 Å². The van der Waals surface area contributed by atoms with Crippen LogP contribution in [0.4, 0.5) is 11.5 Å². The van der Waals surface area contributed by atoms with Crippen LogP contribution in [-0.2, 0) is 0 Å². The molecule has 1 fully saturated rings. The van der Waals surface area contributed by atoms with Crippen molar-refractivity contribution in [3.05, 3.63) is 18.3 Å². The van der Waals surface area contributed by atoms with Crippen LogP contribution in [0.1, 0.15) is 6.42 Å². The zero-order valence-electron chi connectivity index (χ0n) is 9.11. The minimum atomic E-state index is 0.622. The van der Waals surface area contributed by atoms with Gasteiger partial charge in [0.25, 0.3) is 0 Å². The predicted octanol–water partition coefficient (Wildman–Crippen LogP) is 0.908. The van der Waals surface area contributed by atoms with Crippen LogP contribution >= 0.6 is 0 Å². The Hall–Kier alpha value is -1.29. The van der Waals surface area contributed by atoms with E-state index in [-0.39, 0.29) is 0 Å². The van der Waals surface area contributed by atoms with Crippen LogP contribution in [0.3, 0.4) is 0 Å². The molecule has 1 aliphatic heterocycles. The molecule has 82 valence electrons. The van der Waals surface area contributed by atoms with Gasteiger partial charge in [-0.2, -0.15) is 0 Å². The fraction of sp³-hybridized carbons (Fsp3) is 0.545. The normalized spacial score (nSPS) is 20.7. The molecule has 0 bridgehead atoms. The second-order valence-corrected chi connectivity index (χ2v) is 3.96. The Morgan fingerprint density at radius 2 is 2.53 bits per heavy atom.